The Bertz CT molecular complexity index is 510. The molecule has 0 aromatic carbocycles. The summed E-state index contributed by atoms with van der Waals surface area (Å²) in [5.41, 5.74) is 0. The van der Waals surface area contributed by atoms with E-state index in [9.17, 15) is 0 Å². The Kier molecular flexibility index (Phi) is 22.9. The minimum Gasteiger partial charge on any atom is -0.234 e. The number of nitrogens with zero attached hydrogens (tertiary/aromatic N) is 2. The Morgan fingerprint density at radius 2 is 0.886 bits per heavy atom. The molecule has 0 N–H and O–H groups in total. The first kappa shape index (κ1) is 32.2. The summed E-state index contributed by atoms with van der Waals surface area (Å²) in [6, 6.07) is 0. The van der Waals surface area contributed by atoms with Crippen molar-refractivity contribution < 1.29 is 4.57 Å². The molecule has 1 aromatic rings. The molecule has 0 bridgehead atoms. The van der Waals surface area contributed by atoms with E-state index in [0.717, 1.165) is 0 Å². The summed E-state index contributed by atoms with van der Waals surface area (Å²) in [4.78, 5) is 0. The highest BCUT2D eigenvalue weighted by Crippen LogP contribution is 2.13. The lowest BCUT2D eigenvalue weighted by atomic mass is 10.1. The van der Waals surface area contributed by atoms with Crippen LogP contribution in [0.2, 0.25) is 0 Å². The van der Waals surface area contributed by atoms with Crippen molar-refractivity contribution in [1.82, 2.24) is 4.57 Å². The van der Waals surface area contributed by atoms with E-state index >= 15 is 0 Å². The average molecular weight is 490 g/mol. The predicted molar refractivity (Wildman–Crippen MR) is 156 cm³/mol. The smallest absolute Gasteiger partial charge is 0.234 e. The fourth-order valence-corrected chi connectivity index (χ4v) is 5.44. The van der Waals surface area contributed by atoms with Gasteiger partial charge in [-0.05, 0) is 32.1 Å². The van der Waals surface area contributed by atoms with E-state index in [1.54, 1.807) is 5.82 Å². The quantitative estimate of drug-likeness (QED) is 0.0858. The molecule has 0 aliphatic rings. The van der Waals surface area contributed by atoms with Crippen LogP contribution in [0, 0.1) is 0 Å². The van der Waals surface area contributed by atoms with E-state index in [2.05, 4.69) is 42.3 Å². The van der Waals surface area contributed by atoms with Crippen molar-refractivity contribution in [2.45, 2.75) is 194 Å². The Morgan fingerprint density at radius 3 is 1.37 bits per heavy atom. The van der Waals surface area contributed by atoms with Crippen LogP contribution < -0.4 is 4.57 Å². The minimum absolute atomic E-state index is 1.23. The summed E-state index contributed by atoms with van der Waals surface area (Å²) in [7, 11) is 0. The molecule has 206 valence electrons. The van der Waals surface area contributed by atoms with Crippen molar-refractivity contribution in [3.63, 3.8) is 0 Å². The summed E-state index contributed by atoms with van der Waals surface area (Å²) in [6.07, 6.45) is 39.9. The molecule has 0 radical (unpaired) electrons. The topological polar surface area (TPSA) is 8.81 Å². The maximum Gasteiger partial charge on any atom is 0.256 e. The van der Waals surface area contributed by atoms with Crippen LogP contribution in [0.1, 0.15) is 181 Å². The molecule has 0 aliphatic carbocycles. The first-order chi connectivity index (χ1) is 17.3. The first-order valence-corrected chi connectivity index (χ1v) is 16.4. The lowest BCUT2D eigenvalue weighted by molar-refractivity contribution is -0.704. The third-order valence-corrected chi connectivity index (χ3v) is 7.85. The van der Waals surface area contributed by atoms with E-state index in [0.29, 0.717) is 0 Å². The molecule has 2 heteroatoms. The molecule has 1 rings (SSSR count). The van der Waals surface area contributed by atoms with E-state index < -0.39 is 0 Å². The van der Waals surface area contributed by atoms with Crippen molar-refractivity contribution in [3.8, 4) is 0 Å². The minimum atomic E-state index is 1.23. The normalized spacial score (nSPS) is 11.5. The van der Waals surface area contributed by atoms with E-state index in [-0.39, 0.29) is 0 Å². The predicted octanol–water partition coefficient (Wildman–Crippen LogP) is 10.7. The van der Waals surface area contributed by atoms with Crippen molar-refractivity contribution in [2.75, 3.05) is 0 Å². The van der Waals surface area contributed by atoms with Crippen LogP contribution in [0.5, 0.6) is 0 Å². The second-order valence-corrected chi connectivity index (χ2v) is 11.3. The van der Waals surface area contributed by atoms with Gasteiger partial charge < -0.3 is 0 Å². The van der Waals surface area contributed by atoms with Gasteiger partial charge in [0.25, 0.3) is 5.82 Å². The molecule has 0 amide bonds. The molecular weight excluding hydrogens is 424 g/mol. The molecule has 2 nitrogen and oxygen atoms in total. The number of imidazole rings is 1. The molecule has 1 heterocycles. The zero-order valence-electron chi connectivity index (χ0n) is 24.6. The van der Waals surface area contributed by atoms with E-state index in [1.165, 1.54) is 174 Å². The Morgan fingerprint density at radius 1 is 0.486 bits per heavy atom. The Hall–Kier alpha value is -0.790. The summed E-state index contributed by atoms with van der Waals surface area (Å²) in [5, 5.41) is 0. The highest BCUT2D eigenvalue weighted by molar-refractivity contribution is 4.84. The van der Waals surface area contributed by atoms with Crippen LogP contribution in [-0.2, 0) is 19.5 Å². The number of hydrogen-bond acceptors (Lipinski definition) is 0. The third kappa shape index (κ3) is 18.2. The molecule has 0 spiro atoms. The van der Waals surface area contributed by atoms with Gasteiger partial charge in [-0.15, -0.1) is 0 Å². The molecule has 35 heavy (non-hydrogen) atoms. The van der Waals surface area contributed by atoms with Gasteiger partial charge in [0.15, 0.2) is 0 Å². The molecule has 1 aromatic heterocycles. The van der Waals surface area contributed by atoms with Crippen molar-refractivity contribution >= 4 is 0 Å². The number of rotatable bonds is 27. The summed E-state index contributed by atoms with van der Waals surface area (Å²) < 4.78 is 5.23. The number of hydrogen-bond donors (Lipinski definition) is 0. The first-order valence-electron chi connectivity index (χ1n) is 16.4. The van der Waals surface area contributed by atoms with Crippen LogP contribution in [0.15, 0.2) is 12.4 Å². The zero-order valence-corrected chi connectivity index (χ0v) is 24.6. The lowest BCUT2D eigenvalue weighted by Crippen LogP contribution is -2.37. The molecule has 0 fully saturated rings. The average Bonchev–Trinajstić information content (AvgIpc) is 3.25. The Balaban J connectivity index is 2.37. The fraction of sp³-hybridized carbons (Fsp3) is 0.909. The van der Waals surface area contributed by atoms with Gasteiger partial charge in [-0.2, -0.15) is 0 Å². The highest BCUT2D eigenvalue weighted by Gasteiger charge is 2.16. The largest absolute Gasteiger partial charge is 0.256 e. The van der Waals surface area contributed by atoms with Gasteiger partial charge in [0.2, 0.25) is 0 Å². The highest BCUT2D eigenvalue weighted by atomic mass is 15.1. The van der Waals surface area contributed by atoms with Crippen LogP contribution in [-0.4, -0.2) is 4.57 Å². The Labute approximate surface area is 221 Å². The van der Waals surface area contributed by atoms with Crippen molar-refractivity contribution in [3.05, 3.63) is 18.2 Å². The van der Waals surface area contributed by atoms with Crippen LogP contribution >= 0.6 is 0 Å². The third-order valence-electron chi connectivity index (χ3n) is 7.85. The van der Waals surface area contributed by atoms with Crippen LogP contribution in [0.4, 0.5) is 0 Å². The second-order valence-electron chi connectivity index (χ2n) is 11.3. The summed E-state index contributed by atoms with van der Waals surface area (Å²) in [5.74, 6) is 1.61. The van der Waals surface area contributed by atoms with Gasteiger partial charge in [-0.1, -0.05) is 143 Å². The maximum atomic E-state index is 2.61. The monoisotopic (exact) mass is 490 g/mol. The molecule has 0 aliphatic heterocycles. The van der Waals surface area contributed by atoms with E-state index in [4.69, 9.17) is 0 Å². The summed E-state index contributed by atoms with van der Waals surface area (Å²) >= 11 is 0. The van der Waals surface area contributed by atoms with Crippen LogP contribution in [0.25, 0.3) is 0 Å². The second kappa shape index (κ2) is 24.9. The van der Waals surface area contributed by atoms with Gasteiger partial charge in [0.1, 0.15) is 12.4 Å². The van der Waals surface area contributed by atoms with E-state index in [1.807, 2.05) is 0 Å². The molecule has 0 atom stereocenters. The fourth-order valence-electron chi connectivity index (χ4n) is 5.44. The SMILES string of the molecule is CCCCCCCCCCc1n(CCCCCCCCCC)cc[n+]1CCCCCCCCCC. The number of aromatic nitrogens is 2. The lowest BCUT2D eigenvalue weighted by Gasteiger charge is -2.07. The van der Waals surface area contributed by atoms with Crippen molar-refractivity contribution in [2.24, 2.45) is 0 Å². The number of unbranched alkanes of at least 4 members (excludes halogenated alkanes) is 21. The van der Waals surface area contributed by atoms with Crippen LogP contribution in [0.3, 0.4) is 0 Å². The molecule has 0 saturated carbocycles. The van der Waals surface area contributed by atoms with Crippen molar-refractivity contribution in [1.29, 1.82) is 0 Å². The zero-order chi connectivity index (χ0) is 25.2. The van der Waals surface area contributed by atoms with Gasteiger partial charge >= 0.3 is 0 Å². The number of aryl methyl sites for hydroxylation is 2. The maximum absolute atomic E-state index is 2.61. The van der Waals surface area contributed by atoms with Gasteiger partial charge in [0, 0.05) is 6.42 Å². The van der Waals surface area contributed by atoms with Gasteiger partial charge in [-0.3, -0.25) is 0 Å². The van der Waals surface area contributed by atoms with Gasteiger partial charge in [0.05, 0.1) is 13.1 Å². The molecule has 0 unspecified atom stereocenters. The standard InChI is InChI=1S/C33H65N2/c1-4-7-10-13-16-19-22-25-28-33-34(29-26-23-20-17-14-11-8-5-2)31-32-35(33)30-27-24-21-18-15-12-9-6-3/h31-32H,4-30H2,1-3H3/q+1. The summed E-state index contributed by atoms with van der Waals surface area (Å²) in [6.45, 7) is 9.38. The molecular formula is C33H65N2+. The van der Waals surface area contributed by atoms with Gasteiger partial charge in [-0.25, -0.2) is 9.13 Å². The molecule has 0 saturated heterocycles.